The van der Waals surface area contributed by atoms with Gasteiger partial charge in [0, 0.05) is 31.2 Å². The molecular weight excluding hydrogens is 520 g/mol. The summed E-state index contributed by atoms with van der Waals surface area (Å²) in [5, 5.41) is 35.7. The number of aromatic nitrogens is 2. The largest absolute Gasteiger partial charge is 0.508 e. The number of nitrogens with two attached hydrogens (primary N) is 1. The molecule has 1 aromatic heterocycles. The second-order valence-corrected chi connectivity index (χ2v) is 9.15. The van der Waals surface area contributed by atoms with Crippen LogP contribution in [0.5, 0.6) is 5.75 Å². The van der Waals surface area contributed by atoms with E-state index in [1.165, 1.54) is 24.7 Å². The van der Waals surface area contributed by atoms with Gasteiger partial charge in [0.15, 0.2) is 0 Å². The van der Waals surface area contributed by atoms with Crippen molar-refractivity contribution in [3.05, 3.63) is 83.9 Å². The number of hydrogen-bond donors (Lipinski definition) is 8. The number of H-pyrrole nitrogens is 1. The third-order valence-electron chi connectivity index (χ3n) is 6.05. The van der Waals surface area contributed by atoms with Crippen molar-refractivity contribution in [1.29, 1.82) is 0 Å². The zero-order valence-corrected chi connectivity index (χ0v) is 21.5. The average Bonchev–Trinajstić information content (AvgIpc) is 3.45. The van der Waals surface area contributed by atoms with Crippen molar-refractivity contribution in [2.45, 2.75) is 43.4 Å². The fourth-order valence-corrected chi connectivity index (χ4v) is 3.87. The molecule has 2 aromatic carbocycles. The molecule has 0 aliphatic rings. The number of nitrogens with one attached hydrogen (secondary N) is 4. The Morgan fingerprint density at radius 2 is 1.35 bits per heavy atom. The molecule has 3 rings (SSSR count). The first-order chi connectivity index (χ1) is 19.2. The van der Waals surface area contributed by atoms with Gasteiger partial charge in [0.05, 0.1) is 19.0 Å². The summed E-state index contributed by atoms with van der Waals surface area (Å²) < 4.78 is 0. The Labute approximate surface area is 229 Å². The number of aliphatic carboxylic acids is 1. The van der Waals surface area contributed by atoms with Gasteiger partial charge in [-0.3, -0.25) is 14.4 Å². The summed E-state index contributed by atoms with van der Waals surface area (Å²) in [5.41, 5.74) is 7.96. The van der Waals surface area contributed by atoms with Crippen LogP contribution >= 0.6 is 0 Å². The number of aromatic amines is 1. The SMILES string of the molecule is NC(Cc1cnc[nH]1)C(=O)NC(Cc1ccc(O)cc1)C(=O)NC(Cc1ccccc1)C(=O)NC(CO)C(=O)O. The lowest BCUT2D eigenvalue weighted by Crippen LogP contribution is -2.58. The van der Waals surface area contributed by atoms with Gasteiger partial charge < -0.3 is 42.0 Å². The standard InChI is InChI=1S/C27H32N6O7/c28-20(12-18-13-29-15-30-18)24(36)31-21(11-17-6-8-19(35)9-7-17)25(37)32-22(10-16-4-2-1-3-5-16)26(38)33-23(14-34)27(39)40/h1-9,13,15,20-23,34-35H,10-12,14,28H2,(H,29,30)(H,31,36)(H,32,37)(H,33,38)(H,39,40). The number of carboxylic acid groups (broad SMARTS) is 1. The highest BCUT2D eigenvalue weighted by atomic mass is 16.4. The summed E-state index contributed by atoms with van der Waals surface area (Å²) in [6.45, 7) is -0.846. The maximum Gasteiger partial charge on any atom is 0.328 e. The number of phenolic OH excluding ortho intramolecular Hbond substituents is 1. The summed E-state index contributed by atoms with van der Waals surface area (Å²) in [6.07, 6.45) is 3.12. The van der Waals surface area contributed by atoms with Crippen molar-refractivity contribution in [3.63, 3.8) is 0 Å². The number of carboxylic acids is 1. The highest BCUT2D eigenvalue weighted by molar-refractivity contribution is 5.94. The summed E-state index contributed by atoms with van der Waals surface area (Å²) in [6, 6.07) is 9.77. The van der Waals surface area contributed by atoms with Crippen molar-refractivity contribution < 1.29 is 34.5 Å². The summed E-state index contributed by atoms with van der Waals surface area (Å²) in [7, 11) is 0. The van der Waals surface area contributed by atoms with E-state index < -0.39 is 54.5 Å². The zero-order valence-electron chi connectivity index (χ0n) is 21.5. The van der Waals surface area contributed by atoms with Gasteiger partial charge in [0.1, 0.15) is 23.9 Å². The molecule has 4 unspecified atom stereocenters. The number of amides is 3. The number of nitrogens with zero attached hydrogens (tertiary/aromatic N) is 1. The minimum absolute atomic E-state index is 0.00268. The van der Waals surface area contributed by atoms with E-state index in [-0.39, 0.29) is 25.0 Å². The molecule has 0 aliphatic heterocycles. The minimum Gasteiger partial charge on any atom is -0.508 e. The molecule has 3 aromatic rings. The van der Waals surface area contributed by atoms with Gasteiger partial charge in [-0.05, 0) is 23.3 Å². The van der Waals surface area contributed by atoms with Crippen LogP contribution in [-0.2, 0) is 38.4 Å². The summed E-state index contributed by atoms with van der Waals surface area (Å²) in [5.74, 6) is -3.59. The van der Waals surface area contributed by atoms with Crippen LogP contribution in [0.3, 0.4) is 0 Å². The minimum atomic E-state index is -1.57. The molecule has 9 N–H and O–H groups in total. The lowest BCUT2D eigenvalue weighted by molar-refractivity contribution is -0.143. The van der Waals surface area contributed by atoms with Gasteiger partial charge in [-0.15, -0.1) is 0 Å². The molecule has 0 radical (unpaired) electrons. The number of hydrogen-bond acceptors (Lipinski definition) is 8. The molecular formula is C27H32N6O7. The second kappa shape index (κ2) is 14.4. The van der Waals surface area contributed by atoms with Gasteiger partial charge in [-0.2, -0.15) is 0 Å². The number of carbonyl (C=O) groups excluding carboxylic acids is 3. The van der Waals surface area contributed by atoms with E-state index in [9.17, 15) is 34.5 Å². The first-order valence-electron chi connectivity index (χ1n) is 12.5. The van der Waals surface area contributed by atoms with Gasteiger partial charge in [0.2, 0.25) is 17.7 Å². The molecule has 13 nitrogen and oxygen atoms in total. The molecule has 3 amide bonds. The van der Waals surface area contributed by atoms with Gasteiger partial charge in [-0.1, -0.05) is 42.5 Å². The Bertz CT molecular complexity index is 1270. The highest BCUT2D eigenvalue weighted by Gasteiger charge is 2.30. The van der Waals surface area contributed by atoms with Crippen LogP contribution in [0.4, 0.5) is 0 Å². The number of rotatable bonds is 14. The van der Waals surface area contributed by atoms with Crippen LogP contribution < -0.4 is 21.7 Å². The van der Waals surface area contributed by atoms with Crippen LogP contribution in [0.25, 0.3) is 0 Å². The molecule has 0 saturated carbocycles. The number of benzene rings is 2. The van der Waals surface area contributed by atoms with Crippen molar-refractivity contribution in [3.8, 4) is 5.75 Å². The quantitative estimate of drug-likeness (QED) is 0.123. The Kier molecular flexibility index (Phi) is 10.7. The smallest absolute Gasteiger partial charge is 0.328 e. The van der Waals surface area contributed by atoms with E-state index in [0.717, 1.165) is 0 Å². The number of phenols is 1. The maximum absolute atomic E-state index is 13.5. The maximum atomic E-state index is 13.5. The van der Waals surface area contributed by atoms with Crippen molar-refractivity contribution in [2.24, 2.45) is 5.73 Å². The van der Waals surface area contributed by atoms with Gasteiger partial charge >= 0.3 is 5.97 Å². The van der Waals surface area contributed by atoms with Crippen molar-refractivity contribution >= 4 is 23.7 Å². The molecule has 1 heterocycles. The molecule has 0 spiro atoms. The topological polar surface area (TPSA) is 220 Å². The Balaban J connectivity index is 1.82. The Morgan fingerprint density at radius 3 is 1.88 bits per heavy atom. The summed E-state index contributed by atoms with van der Waals surface area (Å²) >= 11 is 0. The number of aliphatic hydroxyl groups is 1. The van der Waals surface area contributed by atoms with E-state index in [4.69, 9.17) is 5.73 Å². The van der Waals surface area contributed by atoms with Crippen LogP contribution in [0, 0.1) is 0 Å². The molecule has 13 heteroatoms. The van der Waals surface area contributed by atoms with E-state index in [0.29, 0.717) is 16.8 Å². The van der Waals surface area contributed by atoms with E-state index >= 15 is 0 Å². The second-order valence-electron chi connectivity index (χ2n) is 9.15. The van der Waals surface area contributed by atoms with E-state index in [1.807, 2.05) is 0 Å². The third-order valence-corrected chi connectivity index (χ3v) is 6.05. The number of aromatic hydroxyl groups is 1. The predicted octanol–water partition coefficient (Wildman–Crippen LogP) is -0.998. The fourth-order valence-electron chi connectivity index (χ4n) is 3.87. The first-order valence-corrected chi connectivity index (χ1v) is 12.5. The average molecular weight is 553 g/mol. The van der Waals surface area contributed by atoms with Crippen LogP contribution in [0.15, 0.2) is 67.1 Å². The Morgan fingerprint density at radius 1 is 0.800 bits per heavy atom. The fraction of sp³-hybridized carbons (Fsp3) is 0.296. The van der Waals surface area contributed by atoms with Crippen molar-refractivity contribution in [1.82, 2.24) is 25.9 Å². The van der Waals surface area contributed by atoms with E-state index in [1.54, 1.807) is 42.5 Å². The van der Waals surface area contributed by atoms with Crippen LogP contribution in [-0.4, -0.2) is 79.8 Å². The van der Waals surface area contributed by atoms with Crippen molar-refractivity contribution in [2.75, 3.05) is 6.61 Å². The van der Waals surface area contributed by atoms with Crippen LogP contribution in [0.1, 0.15) is 16.8 Å². The number of aliphatic hydroxyl groups excluding tert-OH is 1. The first kappa shape index (κ1) is 29.8. The number of imidazole rings is 1. The lowest BCUT2D eigenvalue weighted by atomic mass is 10.0. The number of carbonyl (C=O) groups is 4. The molecule has 40 heavy (non-hydrogen) atoms. The van der Waals surface area contributed by atoms with Gasteiger partial charge in [0.25, 0.3) is 0 Å². The predicted molar refractivity (Wildman–Crippen MR) is 143 cm³/mol. The molecule has 212 valence electrons. The monoisotopic (exact) mass is 552 g/mol. The molecule has 0 bridgehead atoms. The Hall–Kier alpha value is -4.75. The van der Waals surface area contributed by atoms with E-state index in [2.05, 4.69) is 25.9 Å². The molecule has 4 atom stereocenters. The highest BCUT2D eigenvalue weighted by Crippen LogP contribution is 2.12. The lowest BCUT2D eigenvalue weighted by Gasteiger charge is -2.25. The molecule has 0 fully saturated rings. The van der Waals surface area contributed by atoms with Crippen LogP contribution in [0.2, 0.25) is 0 Å². The summed E-state index contributed by atoms with van der Waals surface area (Å²) in [4.78, 5) is 57.6. The third kappa shape index (κ3) is 8.92. The molecule has 0 saturated heterocycles. The zero-order chi connectivity index (χ0) is 29.1. The molecule has 0 aliphatic carbocycles. The van der Waals surface area contributed by atoms with Gasteiger partial charge in [-0.25, -0.2) is 9.78 Å². The normalized spacial score (nSPS) is 13.8.